The van der Waals surface area contributed by atoms with E-state index in [0.717, 1.165) is 5.56 Å². The Kier molecular flexibility index (Phi) is 6.36. The summed E-state index contributed by atoms with van der Waals surface area (Å²) in [4.78, 5) is 19.7. The second-order valence-electron chi connectivity index (χ2n) is 4.81. The first-order valence-corrected chi connectivity index (χ1v) is 8.63. The Balaban J connectivity index is 1.93. The van der Waals surface area contributed by atoms with Gasteiger partial charge in [-0.2, -0.15) is 0 Å². The van der Waals surface area contributed by atoms with Crippen LogP contribution in [-0.4, -0.2) is 44.6 Å². The number of methoxy groups -OCH3 is 1. The molecule has 0 aliphatic carbocycles. The minimum absolute atomic E-state index is 0.155. The quantitative estimate of drug-likeness (QED) is 0.664. The molecule has 1 heterocycles. The molecule has 0 bridgehead atoms. The van der Waals surface area contributed by atoms with Crippen molar-refractivity contribution in [1.29, 1.82) is 0 Å². The highest BCUT2D eigenvalue weighted by atomic mass is 32.2. The largest absolute Gasteiger partial charge is 0.383 e. The zero-order valence-electron chi connectivity index (χ0n) is 13.1. The topological polar surface area (TPSA) is 110 Å². The summed E-state index contributed by atoms with van der Waals surface area (Å²) in [5.41, 5.74) is 0.988. The Labute approximate surface area is 140 Å². The molecule has 1 amide bonds. The van der Waals surface area contributed by atoms with Crippen molar-refractivity contribution in [2.45, 2.75) is 11.4 Å². The van der Waals surface area contributed by atoms with E-state index in [4.69, 9.17) is 4.74 Å². The molecule has 1 aromatic carbocycles. The van der Waals surface area contributed by atoms with Crippen LogP contribution >= 0.6 is 0 Å². The average molecular weight is 350 g/mol. The number of amides is 1. The molecule has 0 saturated heterocycles. The standard InChI is InChI=1S/C15H18N4O4S/c1-23-9-8-19-24(21,22)13-4-2-12(3-5-13)10-18-15(20)14-11-16-6-7-17-14/h2-7,11,19H,8-10H2,1H3,(H,18,20). The highest BCUT2D eigenvalue weighted by molar-refractivity contribution is 7.89. The number of nitrogens with zero attached hydrogens (tertiary/aromatic N) is 2. The van der Waals surface area contributed by atoms with Crippen LogP contribution in [0.1, 0.15) is 16.1 Å². The summed E-state index contributed by atoms with van der Waals surface area (Å²) >= 11 is 0. The van der Waals surface area contributed by atoms with Gasteiger partial charge in [0.15, 0.2) is 0 Å². The molecule has 2 N–H and O–H groups in total. The van der Waals surface area contributed by atoms with E-state index >= 15 is 0 Å². The number of carbonyl (C=O) groups excluding carboxylic acids is 1. The van der Waals surface area contributed by atoms with E-state index in [0.29, 0.717) is 6.61 Å². The van der Waals surface area contributed by atoms with E-state index in [9.17, 15) is 13.2 Å². The summed E-state index contributed by atoms with van der Waals surface area (Å²) in [5.74, 6) is -0.346. The minimum Gasteiger partial charge on any atom is -0.383 e. The first-order chi connectivity index (χ1) is 11.5. The van der Waals surface area contributed by atoms with Crippen LogP contribution in [0.5, 0.6) is 0 Å². The number of sulfonamides is 1. The maximum absolute atomic E-state index is 12.0. The van der Waals surface area contributed by atoms with Gasteiger partial charge in [-0.3, -0.25) is 9.78 Å². The number of ether oxygens (including phenoxy) is 1. The third-order valence-electron chi connectivity index (χ3n) is 3.08. The lowest BCUT2D eigenvalue weighted by Crippen LogP contribution is -2.27. The summed E-state index contributed by atoms with van der Waals surface area (Å²) in [7, 11) is -2.06. The number of aromatic nitrogens is 2. The van der Waals surface area contributed by atoms with Crippen LogP contribution in [0.25, 0.3) is 0 Å². The summed E-state index contributed by atoms with van der Waals surface area (Å²) in [5, 5.41) is 2.69. The van der Waals surface area contributed by atoms with Gasteiger partial charge in [0.05, 0.1) is 17.7 Å². The van der Waals surface area contributed by atoms with E-state index in [1.54, 1.807) is 12.1 Å². The van der Waals surface area contributed by atoms with Crippen molar-refractivity contribution in [2.24, 2.45) is 0 Å². The monoisotopic (exact) mass is 350 g/mol. The van der Waals surface area contributed by atoms with Crippen LogP contribution in [-0.2, 0) is 21.3 Å². The van der Waals surface area contributed by atoms with Crippen molar-refractivity contribution in [1.82, 2.24) is 20.0 Å². The Morgan fingerprint density at radius 2 is 1.96 bits per heavy atom. The van der Waals surface area contributed by atoms with Gasteiger partial charge in [0.2, 0.25) is 10.0 Å². The number of nitrogens with one attached hydrogen (secondary N) is 2. The summed E-state index contributed by atoms with van der Waals surface area (Å²) in [6.45, 7) is 0.757. The molecule has 0 saturated carbocycles. The van der Waals surface area contributed by atoms with Gasteiger partial charge in [0.1, 0.15) is 5.69 Å². The molecule has 128 valence electrons. The van der Waals surface area contributed by atoms with Gasteiger partial charge in [-0.15, -0.1) is 0 Å². The van der Waals surface area contributed by atoms with Crippen molar-refractivity contribution < 1.29 is 17.9 Å². The lowest BCUT2D eigenvalue weighted by atomic mass is 10.2. The van der Waals surface area contributed by atoms with Gasteiger partial charge in [0, 0.05) is 32.6 Å². The fourth-order valence-electron chi connectivity index (χ4n) is 1.84. The lowest BCUT2D eigenvalue weighted by Gasteiger charge is -2.08. The SMILES string of the molecule is COCCNS(=O)(=O)c1ccc(CNC(=O)c2cnccn2)cc1. The molecule has 8 nitrogen and oxygen atoms in total. The van der Waals surface area contributed by atoms with Crippen LogP contribution in [0.2, 0.25) is 0 Å². The molecule has 0 aliphatic heterocycles. The molecule has 2 aromatic rings. The zero-order chi connectivity index (χ0) is 17.4. The Morgan fingerprint density at radius 1 is 1.21 bits per heavy atom. The molecule has 0 aliphatic rings. The predicted molar refractivity (Wildman–Crippen MR) is 86.7 cm³/mol. The van der Waals surface area contributed by atoms with Gasteiger partial charge in [-0.1, -0.05) is 12.1 Å². The molecule has 24 heavy (non-hydrogen) atoms. The van der Waals surface area contributed by atoms with E-state index in [1.807, 2.05) is 0 Å². The highest BCUT2D eigenvalue weighted by Gasteiger charge is 2.13. The highest BCUT2D eigenvalue weighted by Crippen LogP contribution is 2.10. The van der Waals surface area contributed by atoms with E-state index < -0.39 is 10.0 Å². The average Bonchev–Trinajstić information content (AvgIpc) is 2.61. The molecule has 2 rings (SSSR count). The second kappa shape index (κ2) is 8.48. The Bertz CT molecular complexity index is 764. The maximum atomic E-state index is 12.0. The predicted octanol–water partition coefficient (Wildman–Crippen LogP) is 0.331. The molecule has 9 heteroatoms. The van der Waals surface area contributed by atoms with Crippen molar-refractivity contribution >= 4 is 15.9 Å². The van der Waals surface area contributed by atoms with E-state index in [1.165, 1.54) is 37.8 Å². The number of benzene rings is 1. The van der Waals surface area contributed by atoms with E-state index in [-0.39, 0.29) is 29.6 Å². The Hall–Kier alpha value is -2.36. The van der Waals surface area contributed by atoms with Crippen LogP contribution < -0.4 is 10.0 Å². The number of hydrogen-bond donors (Lipinski definition) is 2. The van der Waals surface area contributed by atoms with Crippen LogP contribution in [0.15, 0.2) is 47.8 Å². The van der Waals surface area contributed by atoms with Gasteiger partial charge >= 0.3 is 0 Å². The number of rotatable bonds is 8. The number of hydrogen-bond acceptors (Lipinski definition) is 6. The third-order valence-corrected chi connectivity index (χ3v) is 4.56. The lowest BCUT2D eigenvalue weighted by molar-refractivity contribution is 0.0945. The normalized spacial score (nSPS) is 11.2. The molecule has 0 unspecified atom stereocenters. The zero-order valence-corrected chi connectivity index (χ0v) is 13.9. The molecule has 0 fully saturated rings. The van der Waals surface area contributed by atoms with Crippen LogP contribution in [0.3, 0.4) is 0 Å². The fourth-order valence-corrected chi connectivity index (χ4v) is 2.85. The molecule has 0 radical (unpaired) electrons. The summed E-state index contributed by atoms with van der Waals surface area (Å²) in [6, 6.07) is 6.25. The van der Waals surface area contributed by atoms with Gasteiger partial charge < -0.3 is 10.1 Å². The van der Waals surface area contributed by atoms with Crippen LogP contribution in [0.4, 0.5) is 0 Å². The minimum atomic E-state index is -3.56. The first kappa shape index (κ1) is 18.0. The summed E-state index contributed by atoms with van der Waals surface area (Å²) in [6.07, 6.45) is 4.29. The molecule has 1 aromatic heterocycles. The van der Waals surface area contributed by atoms with Crippen molar-refractivity contribution in [3.05, 3.63) is 54.1 Å². The molecular formula is C15H18N4O4S. The van der Waals surface area contributed by atoms with Gasteiger partial charge in [-0.05, 0) is 17.7 Å². The van der Waals surface area contributed by atoms with Crippen LogP contribution in [0, 0.1) is 0 Å². The molecular weight excluding hydrogens is 332 g/mol. The van der Waals surface area contributed by atoms with Gasteiger partial charge in [0.25, 0.3) is 5.91 Å². The van der Waals surface area contributed by atoms with Gasteiger partial charge in [-0.25, -0.2) is 18.1 Å². The fraction of sp³-hybridized carbons (Fsp3) is 0.267. The smallest absolute Gasteiger partial charge is 0.271 e. The second-order valence-corrected chi connectivity index (χ2v) is 6.57. The van der Waals surface area contributed by atoms with Crippen molar-refractivity contribution in [3.63, 3.8) is 0 Å². The molecule has 0 spiro atoms. The van der Waals surface area contributed by atoms with Crippen molar-refractivity contribution in [2.75, 3.05) is 20.3 Å². The van der Waals surface area contributed by atoms with Crippen molar-refractivity contribution in [3.8, 4) is 0 Å². The maximum Gasteiger partial charge on any atom is 0.271 e. The third kappa shape index (κ3) is 5.08. The van der Waals surface area contributed by atoms with E-state index in [2.05, 4.69) is 20.0 Å². The molecule has 0 atom stereocenters. The number of carbonyl (C=O) groups is 1. The Morgan fingerprint density at radius 3 is 2.58 bits per heavy atom. The summed E-state index contributed by atoms with van der Waals surface area (Å²) < 4.78 is 31.3. The first-order valence-electron chi connectivity index (χ1n) is 7.14.